The van der Waals surface area contributed by atoms with Gasteiger partial charge >= 0.3 is 0 Å². The SMILES string of the molecule is COC1CCOC1c1ccc(O)cc1. The Hall–Kier alpha value is -1.06. The van der Waals surface area contributed by atoms with Crippen molar-refractivity contribution in [2.75, 3.05) is 13.7 Å². The first-order valence-electron chi connectivity index (χ1n) is 4.74. The Morgan fingerprint density at radius 1 is 1.36 bits per heavy atom. The first-order valence-corrected chi connectivity index (χ1v) is 4.74. The Bertz CT molecular complexity index is 294. The minimum Gasteiger partial charge on any atom is -0.508 e. The summed E-state index contributed by atoms with van der Waals surface area (Å²) in [6.07, 6.45) is 1.09. The number of benzene rings is 1. The number of ether oxygens (including phenoxy) is 2. The van der Waals surface area contributed by atoms with Crippen LogP contribution in [0.15, 0.2) is 24.3 Å². The zero-order chi connectivity index (χ0) is 9.97. The number of phenolic OH excluding ortho intramolecular Hbond substituents is 1. The summed E-state index contributed by atoms with van der Waals surface area (Å²) in [7, 11) is 1.70. The lowest BCUT2D eigenvalue weighted by Crippen LogP contribution is -2.15. The van der Waals surface area contributed by atoms with E-state index >= 15 is 0 Å². The summed E-state index contributed by atoms with van der Waals surface area (Å²) >= 11 is 0. The lowest BCUT2D eigenvalue weighted by Gasteiger charge is -2.17. The van der Waals surface area contributed by atoms with Gasteiger partial charge in [-0.25, -0.2) is 0 Å². The van der Waals surface area contributed by atoms with Gasteiger partial charge in [0, 0.05) is 7.11 Å². The second-order valence-electron chi connectivity index (χ2n) is 3.45. The highest BCUT2D eigenvalue weighted by Crippen LogP contribution is 2.31. The van der Waals surface area contributed by atoms with Crippen molar-refractivity contribution in [1.82, 2.24) is 0 Å². The second-order valence-corrected chi connectivity index (χ2v) is 3.45. The molecule has 1 N–H and O–H groups in total. The summed E-state index contributed by atoms with van der Waals surface area (Å²) in [5.41, 5.74) is 1.06. The number of rotatable bonds is 2. The average molecular weight is 194 g/mol. The third-order valence-corrected chi connectivity index (χ3v) is 2.56. The Balaban J connectivity index is 2.17. The second kappa shape index (κ2) is 3.98. The van der Waals surface area contributed by atoms with Crippen LogP contribution in [0.3, 0.4) is 0 Å². The maximum Gasteiger partial charge on any atom is 0.115 e. The van der Waals surface area contributed by atoms with Gasteiger partial charge < -0.3 is 14.6 Å². The van der Waals surface area contributed by atoms with Crippen LogP contribution >= 0.6 is 0 Å². The van der Waals surface area contributed by atoms with Crippen molar-refractivity contribution in [1.29, 1.82) is 0 Å². The maximum atomic E-state index is 9.15. The molecule has 2 rings (SSSR count). The molecule has 0 aliphatic carbocycles. The van der Waals surface area contributed by atoms with Crippen molar-refractivity contribution < 1.29 is 14.6 Å². The highest BCUT2D eigenvalue weighted by molar-refractivity contribution is 5.28. The summed E-state index contributed by atoms with van der Waals surface area (Å²) in [5, 5.41) is 9.15. The monoisotopic (exact) mass is 194 g/mol. The molecule has 1 aliphatic rings. The fraction of sp³-hybridized carbons (Fsp3) is 0.455. The number of phenols is 1. The molecule has 76 valence electrons. The third-order valence-electron chi connectivity index (χ3n) is 2.56. The van der Waals surface area contributed by atoms with Crippen molar-refractivity contribution in [2.45, 2.75) is 18.6 Å². The smallest absolute Gasteiger partial charge is 0.115 e. The van der Waals surface area contributed by atoms with Crippen molar-refractivity contribution in [3.05, 3.63) is 29.8 Å². The number of hydrogen-bond acceptors (Lipinski definition) is 3. The van der Waals surface area contributed by atoms with Crippen LogP contribution < -0.4 is 0 Å². The Kier molecular flexibility index (Phi) is 2.70. The fourth-order valence-electron chi connectivity index (χ4n) is 1.79. The summed E-state index contributed by atoms with van der Waals surface area (Å²) in [6.45, 7) is 0.740. The van der Waals surface area contributed by atoms with E-state index < -0.39 is 0 Å². The molecule has 0 amide bonds. The van der Waals surface area contributed by atoms with Gasteiger partial charge in [-0.1, -0.05) is 12.1 Å². The number of hydrogen-bond donors (Lipinski definition) is 1. The molecule has 1 aliphatic heterocycles. The average Bonchev–Trinajstić information content (AvgIpc) is 2.67. The van der Waals surface area contributed by atoms with E-state index in [2.05, 4.69) is 0 Å². The molecule has 0 radical (unpaired) electrons. The molecule has 0 aromatic heterocycles. The number of aromatic hydroxyl groups is 1. The molecule has 2 atom stereocenters. The Morgan fingerprint density at radius 2 is 2.07 bits per heavy atom. The van der Waals surface area contributed by atoms with E-state index in [1.54, 1.807) is 19.2 Å². The van der Waals surface area contributed by atoms with Crippen LogP contribution in [0.2, 0.25) is 0 Å². The molecule has 0 bridgehead atoms. The highest BCUT2D eigenvalue weighted by atomic mass is 16.5. The molecular formula is C11H14O3. The fourth-order valence-corrected chi connectivity index (χ4v) is 1.79. The van der Waals surface area contributed by atoms with Crippen LogP contribution in [0.1, 0.15) is 18.1 Å². The molecule has 1 aromatic rings. The minimum atomic E-state index is 0.0144. The Labute approximate surface area is 83.3 Å². The summed E-state index contributed by atoms with van der Waals surface area (Å²) in [6, 6.07) is 7.09. The molecule has 1 heterocycles. The van der Waals surface area contributed by atoms with Gasteiger partial charge in [-0.15, -0.1) is 0 Å². The molecule has 0 spiro atoms. The van der Waals surface area contributed by atoms with Crippen molar-refractivity contribution >= 4 is 0 Å². The van der Waals surface area contributed by atoms with Crippen molar-refractivity contribution in [2.24, 2.45) is 0 Å². The van der Waals surface area contributed by atoms with Gasteiger partial charge in [0.1, 0.15) is 11.9 Å². The summed E-state index contributed by atoms with van der Waals surface area (Å²) in [4.78, 5) is 0. The lowest BCUT2D eigenvalue weighted by atomic mass is 10.0. The van der Waals surface area contributed by atoms with Crippen molar-refractivity contribution in [3.8, 4) is 5.75 Å². The van der Waals surface area contributed by atoms with Crippen LogP contribution in [-0.4, -0.2) is 24.9 Å². The van der Waals surface area contributed by atoms with Gasteiger partial charge in [-0.05, 0) is 24.1 Å². The van der Waals surface area contributed by atoms with E-state index in [0.29, 0.717) is 0 Å². The minimum absolute atomic E-state index is 0.0144. The molecule has 0 saturated carbocycles. The van der Waals surface area contributed by atoms with E-state index in [9.17, 15) is 0 Å². The molecule has 14 heavy (non-hydrogen) atoms. The zero-order valence-electron chi connectivity index (χ0n) is 8.14. The van der Waals surface area contributed by atoms with Crippen LogP contribution in [0, 0.1) is 0 Å². The predicted octanol–water partition coefficient (Wildman–Crippen LogP) is 1.87. The number of methoxy groups -OCH3 is 1. The molecule has 3 heteroatoms. The van der Waals surface area contributed by atoms with Crippen molar-refractivity contribution in [3.63, 3.8) is 0 Å². The van der Waals surface area contributed by atoms with Gasteiger partial charge in [-0.2, -0.15) is 0 Å². The molecular weight excluding hydrogens is 180 g/mol. The van der Waals surface area contributed by atoms with Crippen LogP contribution in [0.5, 0.6) is 5.75 Å². The van der Waals surface area contributed by atoms with E-state index in [4.69, 9.17) is 14.6 Å². The molecule has 2 unspecified atom stereocenters. The normalized spacial score (nSPS) is 26.6. The first kappa shape index (κ1) is 9.49. The summed E-state index contributed by atoms with van der Waals surface area (Å²) < 4.78 is 10.9. The molecule has 1 fully saturated rings. The van der Waals surface area contributed by atoms with Crippen LogP contribution in [0.4, 0.5) is 0 Å². The van der Waals surface area contributed by atoms with Crippen LogP contribution in [-0.2, 0) is 9.47 Å². The van der Waals surface area contributed by atoms with Gasteiger partial charge in [0.05, 0.1) is 12.7 Å². The topological polar surface area (TPSA) is 38.7 Å². The quantitative estimate of drug-likeness (QED) is 0.781. The van der Waals surface area contributed by atoms with E-state index in [1.165, 1.54) is 0 Å². The van der Waals surface area contributed by atoms with Gasteiger partial charge in [0.15, 0.2) is 0 Å². The van der Waals surface area contributed by atoms with E-state index in [-0.39, 0.29) is 18.0 Å². The molecule has 1 saturated heterocycles. The first-order chi connectivity index (χ1) is 6.81. The maximum absolute atomic E-state index is 9.15. The largest absolute Gasteiger partial charge is 0.508 e. The third kappa shape index (κ3) is 1.74. The van der Waals surface area contributed by atoms with Gasteiger partial charge in [0.2, 0.25) is 0 Å². The van der Waals surface area contributed by atoms with Gasteiger partial charge in [-0.3, -0.25) is 0 Å². The van der Waals surface area contributed by atoms with Gasteiger partial charge in [0.25, 0.3) is 0 Å². The molecule has 3 nitrogen and oxygen atoms in total. The molecule has 1 aromatic carbocycles. The zero-order valence-corrected chi connectivity index (χ0v) is 8.14. The standard InChI is InChI=1S/C11H14O3/c1-13-10-6-7-14-11(10)8-2-4-9(12)5-3-8/h2-5,10-12H,6-7H2,1H3. The lowest BCUT2D eigenvalue weighted by molar-refractivity contribution is 0.0150. The highest BCUT2D eigenvalue weighted by Gasteiger charge is 2.29. The van der Waals surface area contributed by atoms with E-state index in [0.717, 1.165) is 18.6 Å². The Morgan fingerprint density at radius 3 is 2.71 bits per heavy atom. The van der Waals surface area contributed by atoms with Crippen LogP contribution in [0.25, 0.3) is 0 Å². The van der Waals surface area contributed by atoms with E-state index in [1.807, 2.05) is 12.1 Å². The predicted molar refractivity (Wildman–Crippen MR) is 52.2 cm³/mol. The summed E-state index contributed by atoms with van der Waals surface area (Å²) in [5.74, 6) is 0.278.